The van der Waals surface area contributed by atoms with Crippen molar-refractivity contribution in [3.05, 3.63) is 68.3 Å². The van der Waals surface area contributed by atoms with Gasteiger partial charge in [0.15, 0.2) is 0 Å². The lowest BCUT2D eigenvalue weighted by atomic mass is 10.00. The molecule has 0 aliphatic heterocycles. The normalized spacial score (nSPS) is 12.4. The Kier molecular flexibility index (Phi) is 4.42. The molecule has 0 amide bonds. The highest BCUT2D eigenvalue weighted by atomic mass is 127. The maximum atomic E-state index is 6.17. The van der Waals surface area contributed by atoms with Gasteiger partial charge in [0.25, 0.3) is 0 Å². The van der Waals surface area contributed by atoms with Gasteiger partial charge >= 0.3 is 0 Å². The van der Waals surface area contributed by atoms with Crippen molar-refractivity contribution >= 4 is 34.2 Å². The number of hydrogen-bond acceptors (Lipinski definition) is 1. The molecule has 0 fully saturated rings. The molecule has 0 saturated carbocycles. The van der Waals surface area contributed by atoms with Crippen LogP contribution in [0.4, 0.5) is 0 Å². The molecular weight excluding hydrogens is 345 g/mol. The number of benzene rings is 2. The Morgan fingerprint density at radius 2 is 1.82 bits per heavy atom. The second-order valence-electron chi connectivity index (χ2n) is 3.99. The highest BCUT2D eigenvalue weighted by Crippen LogP contribution is 2.20. The van der Waals surface area contributed by atoms with Crippen molar-refractivity contribution in [3.63, 3.8) is 0 Å². The first kappa shape index (κ1) is 12.9. The molecule has 0 aliphatic carbocycles. The van der Waals surface area contributed by atoms with Crippen LogP contribution in [0, 0.1) is 3.57 Å². The van der Waals surface area contributed by atoms with Gasteiger partial charge in [0, 0.05) is 14.6 Å². The molecule has 0 spiro atoms. The first-order chi connectivity index (χ1) is 8.15. The highest BCUT2D eigenvalue weighted by Gasteiger charge is 2.07. The lowest BCUT2D eigenvalue weighted by Crippen LogP contribution is -2.13. The molecule has 3 heteroatoms. The quantitative estimate of drug-likeness (QED) is 0.819. The molecule has 17 heavy (non-hydrogen) atoms. The average Bonchev–Trinajstić information content (AvgIpc) is 2.32. The smallest absolute Gasteiger partial charge is 0.0409 e. The van der Waals surface area contributed by atoms with Crippen molar-refractivity contribution in [3.8, 4) is 0 Å². The monoisotopic (exact) mass is 357 g/mol. The van der Waals surface area contributed by atoms with Crippen molar-refractivity contribution < 1.29 is 0 Å². The van der Waals surface area contributed by atoms with Crippen molar-refractivity contribution in [2.75, 3.05) is 0 Å². The van der Waals surface area contributed by atoms with E-state index in [1.807, 2.05) is 24.3 Å². The maximum absolute atomic E-state index is 6.17. The van der Waals surface area contributed by atoms with Gasteiger partial charge in [0.05, 0.1) is 0 Å². The zero-order valence-electron chi connectivity index (χ0n) is 9.24. The maximum Gasteiger partial charge on any atom is 0.0409 e. The van der Waals surface area contributed by atoms with Crippen LogP contribution in [0.15, 0.2) is 48.5 Å². The summed E-state index contributed by atoms with van der Waals surface area (Å²) in [7, 11) is 0. The predicted molar refractivity (Wildman–Crippen MR) is 81.2 cm³/mol. The highest BCUT2D eigenvalue weighted by molar-refractivity contribution is 14.1. The van der Waals surface area contributed by atoms with Gasteiger partial charge in [0.2, 0.25) is 0 Å². The summed E-state index contributed by atoms with van der Waals surface area (Å²) in [5, 5.41) is 0.737. The molecule has 0 saturated heterocycles. The molecule has 2 aromatic rings. The van der Waals surface area contributed by atoms with Crippen LogP contribution in [0.5, 0.6) is 0 Å². The molecule has 2 N–H and O–H groups in total. The van der Waals surface area contributed by atoms with Gasteiger partial charge in [-0.2, -0.15) is 0 Å². The molecular formula is C14H13ClIN. The van der Waals surface area contributed by atoms with Gasteiger partial charge < -0.3 is 5.73 Å². The number of halogens is 2. The van der Waals surface area contributed by atoms with Crippen LogP contribution in [0.1, 0.15) is 17.2 Å². The topological polar surface area (TPSA) is 26.0 Å². The van der Waals surface area contributed by atoms with Crippen LogP contribution in [0.25, 0.3) is 0 Å². The Morgan fingerprint density at radius 3 is 2.47 bits per heavy atom. The van der Waals surface area contributed by atoms with Gasteiger partial charge in [0.1, 0.15) is 0 Å². The molecule has 0 aromatic heterocycles. The molecule has 2 rings (SSSR count). The van der Waals surface area contributed by atoms with E-state index in [1.165, 1.54) is 9.13 Å². The summed E-state index contributed by atoms with van der Waals surface area (Å²) < 4.78 is 1.24. The summed E-state index contributed by atoms with van der Waals surface area (Å²) in [4.78, 5) is 0. The van der Waals surface area contributed by atoms with Gasteiger partial charge in [-0.25, -0.2) is 0 Å². The van der Waals surface area contributed by atoms with E-state index < -0.39 is 0 Å². The van der Waals surface area contributed by atoms with E-state index in [-0.39, 0.29) is 6.04 Å². The summed E-state index contributed by atoms with van der Waals surface area (Å²) in [6.07, 6.45) is 0.831. The predicted octanol–water partition coefficient (Wildman–Crippen LogP) is 4.19. The fourth-order valence-electron chi connectivity index (χ4n) is 1.73. The Morgan fingerprint density at radius 1 is 1.12 bits per heavy atom. The summed E-state index contributed by atoms with van der Waals surface area (Å²) in [6.45, 7) is 0. The van der Waals surface area contributed by atoms with Gasteiger partial charge in [-0.1, -0.05) is 35.9 Å². The fourth-order valence-corrected chi connectivity index (χ4v) is 2.29. The fraction of sp³-hybridized carbons (Fsp3) is 0.143. The second-order valence-corrected chi connectivity index (χ2v) is 5.67. The molecule has 88 valence electrons. The zero-order chi connectivity index (χ0) is 12.3. The van der Waals surface area contributed by atoms with E-state index in [9.17, 15) is 0 Å². The third-order valence-corrected chi connectivity index (χ3v) is 3.60. The third kappa shape index (κ3) is 3.69. The molecule has 0 bridgehead atoms. The summed E-state index contributed by atoms with van der Waals surface area (Å²) in [5.41, 5.74) is 8.50. The molecule has 1 atom stereocenters. The van der Waals surface area contributed by atoms with Gasteiger partial charge in [-0.3, -0.25) is 0 Å². The van der Waals surface area contributed by atoms with E-state index in [1.54, 1.807) is 0 Å². The van der Waals surface area contributed by atoms with Crippen molar-refractivity contribution in [1.29, 1.82) is 0 Å². The zero-order valence-corrected chi connectivity index (χ0v) is 12.1. The van der Waals surface area contributed by atoms with Crippen LogP contribution in [-0.2, 0) is 6.42 Å². The lowest BCUT2D eigenvalue weighted by Gasteiger charge is -2.12. The van der Waals surface area contributed by atoms with Crippen LogP contribution in [0.2, 0.25) is 5.02 Å². The summed E-state index contributed by atoms with van der Waals surface area (Å²) in [5.74, 6) is 0. The van der Waals surface area contributed by atoms with E-state index in [2.05, 4.69) is 46.9 Å². The molecule has 1 nitrogen and oxygen atoms in total. The van der Waals surface area contributed by atoms with Crippen molar-refractivity contribution in [2.45, 2.75) is 12.5 Å². The first-order valence-corrected chi connectivity index (χ1v) is 6.86. The van der Waals surface area contributed by atoms with Crippen LogP contribution < -0.4 is 5.73 Å². The minimum atomic E-state index is -0.00578. The molecule has 2 aromatic carbocycles. The van der Waals surface area contributed by atoms with E-state index in [0.29, 0.717) is 0 Å². The second kappa shape index (κ2) is 5.85. The minimum absolute atomic E-state index is 0.00578. The first-order valence-electron chi connectivity index (χ1n) is 5.40. The van der Waals surface area contributed by atoms with Gasteiger partial charge in [-0.15, -0.1) is 0 Å². The van der Waals surface area contributed by atoms with Crippen LogP contribution in [0.3, 0.4) is 0 Å². The van der Waals surface area contributed by atoms with E-state index in [0.717, 1.165) is 17.0 Å². The summed E-state index contributed by atoms with van der Waals surface area (Å²) >= 11 is 8.25. The number of hydrogen-bond donors (Lipinski definition) is 1. The SMILES string of the molecule is NC(Cc1ccc(I)cc1)c1cccc(Cl)c1. The molecule has 0 radical (unpaired) electrons. The molecule has 1 unspecified atom stereocenters. The minimum Gasteiger partial charge on any atom is -0.324 e. The molecule has 0 heterocycles. The number of nitrogens with two attached hydrogens (primary N) is 1. The standard InChI is InChI=1S/C14H13ClIN/c15-12-3-1-2-11(9-12)14(17)8-10-4-6-13(16)7-5-10/h1-7,9,14H,8,17H2. The Hall–Kier alpha value is -0.580. The Labute approximate surface area is 120 Å². The lowest BCUT2D eigenvalue weighted by molar-refractivity contribution is 0.722. The largest absolute Gasteiger partial charge is 0.324 e. The van der Waals surface area contributed by atoms with Gasteiger partial charge in [-0.05, 0) is 64.4 Å². The summed E-state index contributed by atoms with van der Waals surface area (Å²) in [6, 6.07) is 16.2. The van der Waals surface area contributed by atoms with Crippen molar-refractivity contribution in [1.82, 2.24) is 0 Å². The number of rotatable bonds is 3. The average molecular weight is 358 g/mol. The third-order valence-electron chi connectivity index (χ3n) is 2.65. The van der Waals surface area contributed by atoms with Crippen LogP contribution in [-0.4, -0.2) is 0 Å². The van der Waals surface area contributed by atoms with E-state index >= 15 is 0 Å². The molecule has 0 aliphatic rings. The van der Waals surface area contributed by atoms with E-state index in [4.69, 9.17) is 17.3 Å². The van der Waals surface area contributed by atoms with Crippen molar-refractivity contribution in [2.24, 2.45) is 5.73 Å². The Bertz CT molecular complexity index is 496. The van der Waals surface area contributed by atoms with Crippen LogP contribution >= 0.6 is 34.2 Å². The Balaban J connectivity index is 2.11.